The van der Waals surface area contributed by atoms with Gasteiger partial charge in [0.25, 0.3) is 0 Å². The highest BCUT2D eigenvalue weighted by molar-refractivity contribution is 5.85. The highest BCUT2D eigenvalue weighted by atomic mass is 35.5. The second-order valence-corrected chi connectivity index (χ2v) is 7.59. The maximum absolute atomic E-state index is 5.74. The van der Waals surface area contributed by atoms with Gasteiger partial charge in [-0.25, -0.2) is 0 Å². The first-order valence-corrected chi connectivity index (χ1v) is 9.96. The number of halogens is 1. The van der Waals surface area contributed by atoms with Crippen LogP contribution in [0.25, 0.3) is 11.3 Å². The molecule has 3 aliphatic rings. The number of hydrogen-bond donors (Lipinski definition) is 2. The third-order valence-corrected chi connectivity index (χ3v) is 5.86. The Hall–Kier alpha value is -1.80. The molecule has 0 bridgehead atoms. The molecule has 2 N–H and O–H groups in total. The summed E-state index contributed by atoms with van der Waals surface area (Å²) in [6.45, 7) is 9.03. The van der Waals surface area contributed by atoms with Crippen molar-refractivity contribution < 1.29 is 9.47 Å². The van der Waals surface area contributed by atoms with Gasteiger partial charge < -0.3 is 14.8 Å². The molecule has 0 spiro atoms. The minimum atomic E-state index is 0. The number of benzene rings is 1. The maximum Gasteiger partial charge on any atom is 0.162 e. The predicted molar refractivity (Wildman–Crippen MR) is 110 cm³/mol. The SMILES string of the molecule is Cl.c1cc2c(cc1-c1[nH]ncc1CN1CCC(N3CCNCC3)C1)OCCO2. The highest BCUT2D eigenvalue weighted by Crippen LogP contribution is 2.35. The summed E-state index contributed by atoms with van der Waals surface area (Å²) in [6, 6.07) is 6.82. The van der Waals surface area contributed by atoms with Crippen LogP contribution in [0.2, 0.25) is 0 Å². The summed E-state index contributed by atoms with van der Waals surface area (Å²) in [6.07, 6.45) is 3.22. The van der Waals surface area contributed by atoms with Crippen LogP contribution in [-0.4, -0.2) is 78.5 Å². The van der Waals surface area contributed by atoms with E-state index >= 15 is 0 Å². The molecule has 5 rings (SSSR count). The van der Waals surface area contributed by atoms with E-state index in [4.69, 9.17) is 9.47 Å². The van der Waals surface area contributed by atoms with Crippen LogP contribution in [0.4, 0.5) is 0 Å². The fraction of sp³-hybridized carbons (Fsp3) is 0.550. The van der Waals surface area contributed by atoms with Crippen molar-refractivity contribution in [3.8, 4) is 22.8 Å². The third-order valence-electron chi connectivity index (χ3n) is 5.86. The van der Waals surface area contributed by atoms with E-state index in [1.807, 2.05) is 12.3 Å². The van der Waals surface area contributed by atoms with Gasteiger partial charge in [-0.1, -0.05) is 0 Å². The van der Waals surface area contributed by atoms with E-state index in [-0.39, 0.29) is 12.4 Å². The Bertz CT molecular complexity index is 793. The van der Waals surface area contributed by atoms with Crippen molar-refractivity contribution >= 4 is 12.4 Å². The van der Waals surface area contributed by atoms with Crippen LogP contribution in [0.5, 0.6) is 11.5 Å². The highest BCUT2D eigenvalue weighted by Gasteiger charge is 2.29. The zero-order valence-corrected chi connectivity index (χ0v) is 16.8. The van der Waals surface area contributed by atoms with E-state index in [1.165, 1.54) is 25.1 Å². The van der Waals surface area contributed by atoms with Crippen LogP contribution in [0.1, 0.15) is 12.0 Å². The fourth-order valence-electron chi connectivity index (χ4n) is 4.42. The Balaban J connectivity index is 0.00000192. The molecule has 0 aliphatic carbocycles. The number of nitrogens with zero attached hydrogens (tertiary/aromatic N) is 3. The van der Waals surface area contributed by atoms with E-state index in [1.54, 1.807) is 0 Å². The van der Waals surface area contributed by atoms with Crippen molar-refractivity contribution in [3.63, 3.8) is 0 Å². The van der Waals surface area contributed by atoms with Crippen molar-refractivity contribution in [2.75, 3.05) is 52.5 Å². The number of likely N-dealkylation sites (tertiary alicyclic amines) is 1. The molecule has 3 aliphatic heterocycles. The van der Waals surface area contributed by atoms with Crippen molar-refractivity contribution in [1.29, 1.82) is 0 Å². The van der Waals surface area contributed by atoms with Crippen molar-refractivity contribution in [3.05, 3.63) is 30.0 Å². The first-order chi connectivity index (χ1) is 13.4. The number of aromatic amines is 1. The molecule has 1 unspecified atom stereocenters. The zero-order chi connectivity index (χ0) is 18.1. The fourth-order valence-corrected chi connectivity index (χ4v) is 4.42. The van der Waals surface area contributed by atoms with Gasteiger partial charge in [-0.3, -0.25) is 14.9 Å². The summed E-state index contributed by atoms with van der Waals surface area (Å²) in [7, 11) is 0. The van der Waals surface area contributed by atoms with Gasteiger partial charge in [0.2, 0.25) is 0 Å². The molecular weight excluding hydrogens is 378 g/mol. The summed E-state index contributed by atoms with van der Waals surface area (Å²) in [4.78, 5) is 5.20. The molecule has 0 radical (unpaired) electrons. The van der Waals surface area contributed by atoms with E-state index in [0.29, 0.717) is 19.3 Å². The van der Waals surface area contributed by atoms with Gasteiger partial charge >= 0.3 is 0 Å². The molecule has 7 nitrogen and oxygen atoms in total. The van der Waals surface area contributed by atoms with E-state index < -0.39 is 0 Å². The minimum absolute atomic E-state index is 0. The number of ether oxygens (including phenoxy) is 2. The van der Waals surface area contributed by atoms with Crippen molar-refractivity contribution in [2.45, 2.75) is 19.0 Å². The lowest BCUT2D eigenvalue weighted by molar-refractivity contribution is 0.170. The van der Waals surface area contributed by atoms with Gasteiger partial charge in [-0.15, -0.1) is 12.4 Å². The number of H-pyrrole nitrogens is 1. The van der Waals surface area contributed by atoms with Crippen molar-refractivity contribution in [1.82, 2.24) is 25.3 Å². The summed E-state index contributed by atoms with van der Waals surface area (Å²) >= 11 is 0. The molecule has 2 aromatic rings. The standard InChI is InChI=1S/C20H27N5O2.ClH/c1-2-18-19(27-10-9-26-18)11-15(1)20-16(12-22-23-20)13-24-6-3-17(14-24)25-7-4-21-5-8-25;/h1-2,11-12,17,21H,3-10,13-14H2,(H,22,23);1H. The average molecular weight is 406 g/mol. The van der Waals surface area contributed by atoms with Gasteiger partial charge in [0.15, 0.2) is 11.5 Å². The molecule has 0 amide bonds. The number of nitrogens with one attached hydrogen (secondary N) is 2. The number of hydrogen-bond acceptors (Lipinski definition) is 6. The molecule has 0 saturated carbocycles. The zero-order valence-electron chi connectivity index (χ0n) is 16.0. The van der Waals surface area contributed by atoms with E-state index in [2.05, 4.69) is 37.4 Å². The predicted octanol–water partition coefficient (Wildman–Crippen LogP) is 1.75. The molecular formula is C20H28ClN5O2. The number of piperazine rings is 1. The van der Waals surface area contributed by atoms with Crippen LogP contribution >= 0.6 is 12.4 Å². The van der Waals surface area contributed by atoms with Gasteiger partial charge in [0.05, 0.1) is 11.9 Å². The summed E-state index contributed by atoms with van der Waals surface area (Å²) < 4.78 is 11.4. The smallest absolute Gasteiger partial charge is 0.162 e. The molecule has 8 heteroatoms. The monoisotopic (exact) mass is 405 g/mol. The van der Waals surface area contributed by atoms with Gasteiger partial charge in [0.1, 0.15) is 13.2 Å². The Morgan fingerprint density at radius 3 is 2.75 bits per heavy atom. The minimum Gasteiger partial charge on any atom is -0.486 e. The van der Waals surface area contributed by atoms with Crippen LogP contribution in [0, 0.1) is 0 Å². The Morgan fingerprint density at radius 2 is 1.89 bits per heavy atom. The molecule has 28 heavy (non-hydrogen) atoms. The second kappa shape index (κ2) is 8.69. The number of rotatable bonds is 4. The number of fused-ring (bicyclic) bond motifs is 1. The molecule has 1 atom stereocenters. The third kappa shape index (κ3) is 3.98. The first-order valence-electron chi connectivity index (χ1n) is 9.96. The molecule has 2 fully saturated rings. The topological polar surface area (TPSA) is 65.7 Å². The lowest BCUT2D eigenvalue weighted by atomic mass is 10.1. The van der Waals surface area contributed by atoms with Gasteiger partial charge in [-0.2, -0.15) is 5.10 Å². The van der Waals surface area contributed by atoms with Gasteiger partial charge in [0, 0.05) is 63.0 Å². The average Bonchev–Trinajstić information content (AvgIpc) is 3.38. The Labute approximate surface area is 171 Å². The lowest BCUT2D eigenvalue weighted by Crippen LogP contribution is -2.49. The molecule has 4 heterocycles. The molecule has 1 aromatic carbocycles. The molecule has 2 saturated heterocycles. The van der Waals surface area contributed by atoms with Gasteiger partial charge in [-0.05, 0) is 24.6 Å². The summed E-state index contributed by atoms with van der Waals surface area (Å²) in [5, 5.41) is 11.0. The Morgan fingerprint density at radius 1 is 1.07 bits per heavy atom. The first kappa shape index (κ1) is 19.5. The van der Waals surface area contributed by atoms with Crippen molar-refractivity contribution in [2.24, 2.45) is 0 Å². The van der Waals surface area contributed by atoms with E-state index in [0.717, 1.165) is 55.5 Å². The van der Waals surface area contributed by atoms with Crippen LogP contribution in [0.15, 0.2) is 24.4 Å². The Kier molecular flexibility index (Phi) is 6.06. The quantitative estimate of drug-likeness (QED) is 0.808. The summed E-state index contributed by atoms with van der Waals surface area (Å²) in [5.74, 6) is 1.64. The lowest BCUT2D eigenvalue weighted by Gasteiger charge is -2.32. The van der Waals surface area contributed by atoms with Crippen LogP contribution in [-0.2, 0) is 6.54 Å². The molecule has 1 aromatic heterocycles. The normalized spacial score (nSPS) is 22.8. The maximum atomic E-state index is 5.74. The van der Waals surface area contributed by atoms with Crippen LogP contribution in [0.3, 0.4) is 0 Å². The van der Waals surface area contributed by atoms with Crippen LogP contribution < -0.4 is 14.8 Å². The second-order valence-electron chi connectivity index (χ2n) is 7.59. The largest absolute Gasteiger partial charge is 0.486 e. The van der Waals surface area contributed by atoms with E-state index in [9.17, 15) is 0 Å². The number of aromatic nitrogens is 2. The summed E-state index contributed by atoms with van der Waals surface area (Å²) in [5.41, 5.74) is 3.43. The molecule has 152 valence electrons.